The summed E-state index contributed by atoms with van der Waals surface area (Å²) in [5.41, 5.74) is 4.09. The minimum absolute atomic E-state index is 0.0236. The number of likely N-dealkylation sites (N-methyl/N-ethyl adjacent to an activating group) is 1. The molecule has 1 aliphatic rings. The van der Waals surface area contributed by atoms with Crippen molar-refractivity contribution < 1.29 is 9.59 Å². The number of nitrogens with one attached hydrogen (secondary N) is 2. The Hall–Kier alpha value is -3.30. The number of nitrogens with zero attached hydrogens (tertiary/aromatic N) is 4. The van der Waals surface area contributed by atoms with Gasteiger partial charge >= 0.3 is 0 Å². The number of aromatic nitrogens is 3. The molecule has 0 bridgehead atoms. The van der Waals surface area contributed by atoms with Gasteiger partial charge in [-0.15, -0.1) is 0 Å². The fourth-order valence-electron chi connectivity index (χ4n) is 4.82. The van der Waals surface area contributed by atoms with Gasteiger partial charge in [-0.05, 0) is 63.5 Å². The van der Waals surface area contributed by atoms with E-state index in [1.54, 1.807) is 18.2 Å². The average Bonchev–Trinajstić information content (AvgIpc) is 3.01. The predicted octanol–water partition coefficient (Wildman–Crippen LogP) is 1.62. The first-order chi connectivity index (χ1) is 16.9. The predicted molar refractivity (Wildman–Crippen MR) is 144 cm³/mol. The number of carbonyl (C=O) groups excluding carboxylic acids is 2. The van der Waals surface area contributed by atoms with Crippen molar-refractivity contribution in [1.29, 1.82) is 0 Å². The number of amides is 2. The maximum atomic E-state index is 13.2. The lowest BCUT2D eigenvalue weighted by Gasteiger charge is -2.26. The average molecular weight is 491 g/mol. The van der Waals surface area contributed by atoms with Gasteiger partial charge in [-0.1, -0.05) is 18.2 Å². The molecule has 0 unspecified atom stereocenters. The molecule has 1 aliphatic heterocycles. The number of anilines is 1. The van der Waals surface area contributed by atoms with Crippen LogP contribution in [0.1, 0.15) is 47.1 Å². The molecule has 1 aromatic carbocycles. The van der Waals surface area contributed by atoms with E-state index in [2.05, 4.69) is 26.3 Å². The Bertz CT molecular complexity index is 1250. The topological polar surface area (TPSA) is 92.2 Å². The largest absolute Gasteiger partial charge is 0.337 e. The number of hydrogen-bond donors (Lipinski definition) is 2. The lowest BCUT2D eigenvalue weighted by Crippen LogP contribution is -2.35. The Morgan fingerprint density at radius 1 is 1.17 bits per heavy atom. The van der Waals surface area contributed by atoms with Gasteiger partial charge in [0.05, 0.1) is 17.1 Å². The third-order valence-electron chi connectivity index (χ3n) is 6.39. The quantitative estimate of drug-likeness (QED) is 0.405. The van der Waals surface area contributed by atoms with E-state index < -0.39 is 0 Å². The van der Waals surface area contributed by atoms with Crippen molar-refractivity contribution in [3.63, 3.8) is 0 Å². The maximum Gasteiger partial charge on any atom is 0.258 e. The van der Waals surface area contributed by atoms with Gasteiger partial charge < -0.3 is 14.8 Å². The van der Waals surface area contributed by atoms with Crippen molar-refractivity contribution in [2.24, 2.45) is 0 Å². The first-order valence-corrected chi connectivity index (χ1v) is 13.2. The zero-order valence-corrected chi connectivity index (χ0v) is 23.0. The molecule has 0 saturated carbocycles. The van der Waals surface area contributed by atoms with Crippen LogP contribution in [0.25, 0.3) is 11.0 Å². The molecule has 4 rings (SSSR count). The van der Waals surface area contributed by atoms with Crippen molar-refractivity contribution >= 4 is 44.2 Å². The van der Waals surface area contributed by atoms with Gasteiger partial charge in [0.2, 0.25) is 11.9 Å². The molecule has 0 radical (unpaired) electrons. The van der Waals surface area contributed by atoms with Crippen LogP contribution in [0.4, 0.5) is 5.95 Å². The van der Waals surface area contributed by atoms with E-state index in [4.69, 9.17) is 4.98 Å². The number of fused-ring (bicyclic) bond motifs is 1. The number of carbonyl (C=O) groups is 2. The number of aryl methyl sites for hydroxylation is 2. The summed E-state index contributed by atoms with van der Waals surface area (Å²) in [7, 11) is 2.71. The lowest BCUT2D eigenvalue weighted by molar-refractivity contribution is -0.126. The third-order valence-corrected chi connectivity index (χ3v) is 7.19. The van der Waals surface area contributed by atoms with Crippen LogP contribution in [0, 0.1) is 13.8 Å². The molecule has 9 heteroatoms. The van der Waals surface area contributed by atoms with Crippen LogP contribution in [0.15, 0.2) is 42.5 Å². The fraction of sp³-hybridized carbons (Fsp3) is 0.385. The number of pyridine rings is 1. The number of benzene rings is 1. The van der Waals surface area contributed by atoms with Crippen LogP contribution in [0.2, 0.25) is 0 Å². The highest BCUT2D eigenvalue weighted by Crippen LogP contribution is 2.30. The number of likely N-dealkylation sites (tertiary alicyclic amines) is 1. The van der Waals surface area contributed by atoms with Crippen LogP contribution in [-0.2, 0) is 4.79 Å². The Labute approximate surface area is 209 Å². The zero-order chi connectivity index (χ0) is 24.9. The van der Waals surface area contributed by atoms with Crippen molar-refractivity contribution in [3.05, 3.63) is 59.4 Å². The number of hydrogen-bond acceptors (Lipinski definition) is 5. The van der Waals surface area contributed by atoms with Gasteiger partial charge in [0.25, 0.3) is 5.91 Å². The molecule has 1 saturated heterocycles. The SMILES string of the molecule is CNC/C=C/C(=O)N1CCCC[C@@H](n2c(NC(=O)c3cc(C)nc(C)c3)nc3cccc([SiH3])c32)C1. The van der Waals surface area contributed by atoms with Gasteiger partial charge in [-0.3, -0.25) is 19.9 Å². The van der Waals surface area contributed by atoms with Crippen LogP contribution in [0.5, 0.6) is 0 Å². The summed E-state index contributed by atoms with van der Waals surface area (Å²) >= 11 is 0. The molecule has 184 valence electrons. The molecule has 1 atom stereocenters. The summed E-state index contributed by atoms with van der Waals surface area (Å²) in [5, 5.41) is 7.33. The van der Waals surface area contributed by atoms with E-state index in [9.17, 15) is 9.59 Å². The molecule has 35 heavy (non-hydrogen) atoms. The number of para-hydroxylation sites is 1. The second-order valence-electron chi connectivity index (χ2n) is 9.23. The molecule has 1 fully saturated rings. The summed E-state index contributed by atoms with van der Waals surface area (Å²) in [6.07, 6.45) is 6.39. The number of imidazole rings is 1. The highest BCUT2D eigenvalue weighted by atomic mass is 28.1. The summed E-state index contributed by atoms with van der Waals surface area (Å²) in [6.45, 7) is 5.74. The molecule has 3 aromatic rings. The van der Waals surface area contributed by atoms with Crippen LogP contribution < -0.4 is 15.8 Å². The Balaban J connectivity index is 1.71. The minimum Gasteiger partial charge on any atom is -0.337 e. The molecule has 0 aliphatic carbocycles. The van der Waals surface area contributed by atoms with Gasteiger partial charge in [-0.25, -0.2) is 4.98 Å². The van der Waals surface area contributed by atoms with E-state index in [0.29, 0.717) is 24.6 Å². The Morgan fingerprint density at radius 3 is 2.69 bits per heavy atom. The second kappa shape index (κ2) is 11.0. The van der Waals surface area contributed by atoms with Crippen LogP contribution in [-0.4, -0.2) is 68.2 Å². The molecule has 3 heterocycles. The smallest absolute Gasteiger partial charge is 0.258 e. The molecule has 2 aromatic heterocycles. The first kappa shape index (κ1) is 24.8. The summed E-state index contributed by atoms with van der Waals surface area (Å²) in [6, 6.07) is 9.72. The van der Waals surface area contributed by atoms with E-state index in [1.165, 1.54) is 5.19 Å². The van der Waals surface area contributed by atoms with E-state index in [0.717, 1.165) is 58.5 Å². The summed E-state index contributed by atoms with van der Waals surface area (Å²) < 4.78 is 2.17. The zero-order valence-electron chi connectivity index (χ0n) is 21.0. The van der Waals surface area contributed by atoms with Crippen molar-refractivity contribution in [2.75, 3.05) is 32.0 Å². The van der Waals surface area contributed by atoms with E-state index in [1.807, 2.05) is 44.0 Å². The third kappa shape index (κ3) is 5.68. The number of rotatable bonds is 6. The van der Waals surface area contributed by atoms with Gasteiger partial charge in [0.1, 0.15) is 0 Å². The molecule has 8 nitrogen and oxygen atoms in total. The Kier molecular flexibility index (Phi) is 7.77. The molecule has 0 spiro atoms. The summed E-state index contributed by atoms with van der Waals surface area (Å²) in [5.74, 6) is 0.350. The van der Waals surface area contributed by atoms with Crippen molar-refractivity contribution in [3.8, 4) is 0 Å². The van der Waals surface area contributed by atoms with Crippen molar-refractivity contribution in [1.82, 2.24) is 24.8 Å². The highest BCUT2D eigenvalue weighted by Gasteiger charge is 2.27. The van der Waals surface area contributed by atoms with E-state index in [-0.39, 0.29) is 17.9 Å². The molecule has 2 N–H and O–H groups in total. The monoisotopic (exact) mass is 490 g/mol. The van der Waals surface area contributed by atoms with Crippen LogP contribution >= 0.6 is 0 Å². The van der Waals surface area contributed by atoms with Gasteiger partial charge in [0, 0.05) is 52.9 Å². The van der Waals surface area contributed by atoms with Crippen LogP contribution in [0.3, 0.4) is 0 Å². The second-order valence-corrected chi connectivity index (χ2v) is 10.3. The maximum absolute atomic E-state index is 13.2. The Morgan fingerprint density at radius 2 is 1.94 bits per heavy atom. The van der Waals surface area contributed by atoms with E-state index >= 15 is 0 Å². The molecule has 2 amide bonds. The molecular weight excluding hydrogens is 456 g/mol. The normalized spacial score (nSPS) is 16.7. The lowest BCUT2D eigenvalue weighted by atomic mass is 10.1. The highest BCUT2D eigenvalue weighted by molar-refractivity contribution is 6.38. The van der Waals surface area contributed by atoms with Crippen molar-refractivity contribution in [2.45, 2.75) is 39.2 Å². The van der Waals surface area contributed by atoms with Gasteiger partial charge in [0.15, 0.2) is 0 Å². The standard InChI is InChI=1S/C26H34N6O2Si/c1-17-14-19(15-18(2)28-17)25(34)30-26-29-21-9-6-10-22(35)24(21)32(26)20-8-4-5-13-31(16-20)23(33)11-7-12-27-3/h6-7,9-11,14-15,20,27H,4-5,8,12-13,16H2,1-3,35H3,(H,29,30,34)/b11-7+/t20-/m1/s1. The minimum atomic E-state index is -0.207. The first-order valence-electron chi connectivity index (χ1n) is 12.2. The summed E-state index contributed by atoms with van der Waals surface area (Å²) in [4.78, 5) is 37.3. The molecular formula is C26H34N6O2Si. The fourth-order valence-corrected chi connectivity index (χ4v) is 5.51. The van der Waals surface area contributed by atoms with Gasteiger partial charge in [-0.2, -0.15) is 0 Å².